The molecule has 0 spiro atoms. The van der Waals surface area contributed by atoms with Gasteiger partial charge in [0.25, 0.3) is 0 Å². The van der Waals surface area contributed by atoms with Crippen molar-refractivity contribution in [3.05, 3.63) is 35.4 Å². The molecule has 0 radical (unpaired) electrons. The predicted octanol–water partition coefficient (Wildman–Crippen LogP) is 4.35. The molecule has 1 N–H and O–H groups in total. The smallest absolute Gasteiger partial charge is 0.0871 e. The van der Waals surface area contributed by atoms with Gasteiger partial charge in [-0.15, -0.1) is 0 Å². The van der Waals surface area contributed by atoms with E-state index in [9.17, 15) is 5.11 Å². The van der Waals surface area contributed by atoms with Gasteiger partial charge in [0.1, 0.15) is 0 Å². The second-order valence-corrected chi connectivity index (χ2v) is 6.53. The molecular formula is C17H24O. The number of aliphatic hydroxyl groups is 1. The zero-order valence-corrected chi connectivity index (χ0v) is 11.4. The fourth-order valence-corrected chi connectivity index (χ4v) is 3.25. The first kappa shape index (κ1) is 12.2. The quantitative estimate of drug-likeness (QED) is 0.834. The van der Waals surface area contributed by atoms with Gasteiger partial charge in [-0.1, -0.05) is 49.9 Å². The normalized spacial score (nSPS) is 24.1. The standard InChI is InChI=1S/C17H24O/c1-17(18,12-13-5-2-6-13)16-10-4-9-15(11-16)14-7-3-8-14/h4,9-11,13-14,18H,2-3,5-8,12H2,1H3. The van der Waals surface area contributed by atoms with Crippen LogP contribution in [0.2, 0.25) is 0 Å². The Morgan fingerprint density at radius 3 is 2.44 bits per heavy atom. The number of hydrogen-bond acceptors (Lipinski definition) is 1. The van der Waals surface area contributed by atoms with Crippen LogP contribution >= 0.6 is 0 Å². The third-order valence-electron chi connectivity index (χ3n) is 5.00. The van der Waals surface area contributed by atoms with E-state index < -0.39 is 5.60 Å². The molecule has 2 aliphatic rings. The molecule has 98 valence electrons. The molecule has 0 amide bonds. The largest absolute Gasteiger partial charge is 0.385 e. The van der Waals surface area contributed by atoms with Gasteiger partial charge in [-0.25, -0.2) is 0 Å². The van der Waals surface area contributed by atoms with Gasteiger partial charge in [0.15, 0.2) is 0 Å². The maximum absolute atomic E-state index is 10.7. The van der Waals surface area contributed by atoms with Crippen molar-refractivity contribution in [3.63, 3.8) is 0 Å². The van der Waals surface area contributed by atoms with Crippen LogP contribution < -0.4 is 0 Å². The number of benzene rings is 1. The van der Waals surface area contributed by atoms with E-state index in [0.29, 0.717) is 0 Å². The highest BCUT2D eigenvalue weighted by molar-refractivity contribution is 5.31. The first-order valence-electron chi connectivity index (χ1n) is 7.48. The minimum absolute atomic E-state index is 0.634. The predicted molar refractivity (Wildman–Crippen MR) is 74.6 cm³/mol. The van der Waals surface area contributed by atoms with Crippen LogP contribution in [0, 0.1) is 5.92 Å². The second-order valence-electron chi connectivity index (χ2n) is 6.53. The van der Waals surface area contributed by atoms with E-state index in [2.05, 4.69) is 24.3 Å². The van der Waals surface area contributed by atoms with Crippen LogP contribution in [0.4, 0.5) is 0 Å². The molecule has 0 aromatic heterocycles. The lowest BCUT2D eigenvalue weighted by Gasteiger charge is -2.34. The summed E-state index contributed by atoms with van der Waals surface area (Å²) in [4.78, 5) is 0. The Morgan fingerprint density at radius 1 is 1.17 bits per heavy atom. The summed E-state index contributed by atoms with van der Waals surface area (Å²) in [7, 11) is 0. The van der Waals surface area contributed by atoms with Gasteiger partial charge in [0.2, 0.25) is 0 Å². The molecule has 0 bridgehead atoms. The molecule has 1 atom stereocenters. The van der Waals surface area contributed by atoms with Gasteiger partial charge in [-0.2, -0.15) is 0 Å². The molecule has 1 aromatic rings. The summed E-state index contributed by atoms with van der Waals surface area (Å²) in [6.07, 6.45) is 8.91. The van der Waals surface area contributed by atoms with Gasteiger partial charge in [0.05, 0.1) is 5.60 Å². The third-order valence-corrected chi connectivity index (χ3v) is 5.00. The summed E-state index contributed by atoms with van der Waals surface area (Å²) in [5, 5.41) is 10.7. The Balaban J connectivity index is 1.76. The van der Waals surface area contributed by atoms with Gasteiger partial charge in [-0.05, 0) is 49.1 Å². The topological polar surface area (TPSA) is 20.2 Å². The summed E-state index contributed by atoms with van der Waals surface area (Å²) in [6, 6.07) is 8.70. The molecule has 0 saturated heterocycles. The molecule has 2 saturated carbocycles. The Labute approximate surface area is 110 Å². The van der Waals surface area contributed by atoms with Crippen molar-refractivity contribution in [2.75, 3.05) is 0 Å². The van der Waals surface area contributed by atoms with Crippen LogP contribution in [0.15, 0.2) is 24.3 Å². The lowest BCUT2D eigenvalue weighted by atomic mass is 9.74. The fraction of sp³-hybridized carbons (Fsp3) is 0.647. The van der Waals surface area contributed by atoms with Crippen LogP contribution in [0.25, 0.3) is 0 Å². The molecule has 18 heavy (non-hydrogen) atoms. The highest BCUT2D eigenvalue weighted by atomic mass is 16.3. The highest BCUT2D eigenvalue weighted by Crippen LogP contribution is 2.40. The first-order valence-corrected chi connectivity index (χ1v) is 7.48. The van der Waals surface area contributed by atoms with Crippen molar-refractivity contribution in [2.45, 2.75) is 63.4 Å². The summed E-state index contributed by atoms with van der Waals surface area (Å²) in [5.74, 6) is 1.50. The Bertz CT molecular complexity index is 413. The average Bonchev–Trinajstić information content (AvgIpc) is 2.22. The molecule has 0 aliphatic heterocycles. The third kappa shape index (κ3) is 2.33. The van der Waals surface area contributed by atoms with Crippen molar-refractivity contribution in [1.29, 1.82) is 0 Å². The van der Waals surface area contributed by atoms with Crippen LogP contribution in [0.1, 0.15) is 68.9 Å². The summed E-state index contributed by atoms with van der Waals surface area (Å²) in [6.45, 7) is 1.99. The van der Waals surface area contributed by atoms with E-state index in [0.717, 1.165) is 23.8 Å². The molecule has 3 rings (SSSR count). The highest BCUT2D eigenvalue weighted by Gasteiger charge is 2.31. The van der Waals surface area contributed by atoms with Crippen LogP contribution in [-0.4, -0.2) is 5.11 Å². The van der Waals surface area contributed by atoms with Gasteiger partial charge >= 0.3 is 0 Å². The molecule has 1 nitrogen and oxygen atoms in total. The van der Waals surface area contributed by atoms with Crippen molar-refractivity contribution < 1.29 is 5.11 Å². The summed E-state index contributed by atoms with van der Waals surface area (Å²) >= 11 is 0. The maximum Gasteiger partial charge on any atom is 0.0871 e. The molecule has 0 heterocycles. The van der Waals surface area contributed by atoms with Crippen molar-refractivity contribution in [3.8, 4) is 0 Å². The number of hydrogen-bond donors (Lipinski definition) is 1. The molecular weight excluding hydrogens is 220 g/mol. The lowest BCUT2D eigenvalue weighted by molar-refractivity contribution is 0.0160. The minimum atomic E-state index is -0.634. The van der Waals surface area contributed by atoms with Gasteiger partial charge in [0, 0.05) is 0 Å². The SMILES string of the molecule is CC(O)(CC1CCC1)c1cccc(C2CCC2)c1. The van der Waals surface area contributed by atoms with Crippen LogP contribution in [0.3, 0.4) is 0 Å². The molecule has 1 aromatic carbocycles. The monoisotopic (exact) mass is 244 g/mol. The maximum atomic E-state index is 10.7. The molecule has 2 fully saturated rings. The first-order chi connectivity index (χ1) is 8.65. The second kappa shape index (κ2) is 4.70. The number of rotatable bonds is 4. The zero-order chi connectivity index (χ0) is 12.6. The van der Waals surface area contributed by atoms with Gasteiger partial charge in [-0.3, -0.25) is 0 Å². The van der Waals surface area contributed by atoms with E-state index in [-0.39, 0.29) is 0 Å². The van der Waals surface area contributed by atoms with E-state index >= 15 is 0 Å². The molecule has 2 aliphatic carbocycles. The van der Waals surface area contributed by atoms with E-state index in [4.69, 9.17) is 0 Å². The van der Waals surface area contributed by atoms with Crippen LogP contribution in [-0.2, 0) is 5.60 Å². The molecule has 1 heteroatoms. The van der Waals surface area contributed by atoms with Gasteiger partial charge < -0.3 is 5.11 Å². The van der Waals surface area contributed by atoms with Crippen molar-refractivity contribution in [2.24, 2.45) is 5.92 Å². The average molecular weight is 244 g/mol. The van der Waals surface area contributed by atoms with Crippen molar-refractivity contribution >= 4 is 0 Å². The minimum Gasteiger partial charge on any atom is -0.385 e. The van der Waals surface area contributed by atoms with E-state index in [1.807, 2.05) is 6.92 Å². The van der Waals surface area contributed by atoms with E-state index in [1.54, 1.807) is 0 Å². The molecule has 1 unspecified atom stereocenters. The summed E-state index contributed by atoms with van der Waals surface area (Å²) in [5.41, 5.74) is 1.93. The van der Waals surface area contributed by atoms with Crippen molar-refractivity contribution in [1.82, 2.24) is 0 Å². The Morgan fingerprint density at radius 2 is 1.89 bits per heavy atom. The summed E-state index contributed by atoms with van der Waals surface area (Å²) < 4.78 is 0. The van der Waals surface area contributed by atoms with Crippen LogP contribution in [0.5, 0.6) is 0 Å². The Hall–Kier alpha value is -0.820. The fourth-order valence-electron chi connectivity index (χ4n) is 3.25. The Kier molecular flexibility index (Phi) is 3.19. The zero-order valence-electron chi connectivity index (χ0n) is 11.4. The van der Waals surface area contributed by atoms with E-state index in [1.165, 1.54) is 44.1 Å². The lowest BCUT2D eigenvalue weighted by Crippen LogP contribution is -2.28.